The molecule has 0 saturated heterocycles. The summed E-state index contributed by atoms with van der Waals surface area (Å²) in [6.07, 6.45) is 0. The number of ether oxygens (including phenoxy) is 1. The molecule has 0 radical (unpaired) electrons. The number of aromatic nitrogens is 2. The minimum atomic E-state index is 0.463. The minimum absolute atomic E-state index is 0.463. The second kappa shape index (κ2) is 8.36. The number of nitrogens with one attached hydrogen (secondary N) is 1. The number of benzene rings is 1. The van der Waals surface area contributed by atoms with Gasteiger partial charge in [0.1, 0.15) is 11.6 Å². The maximum Gasteiger partial charge on any atom is 0.144 e. The molecule has 0 spiro atoms. The predicted octanol–water partition coefficient (Wildman–Crippen LogP) is 4.11. The normalized spacial score (nSPS) is 10.6. The Hall–Kier alpha value is -1.11. The van der Waals surface area contributed by atoms with Crippen LogP contribution in [0.4, 0.5) is 5.82 Å². The number of nitrogens with zero attached hydrogens (tertiary/aromatic N) is 2. The predicted molar refractivity (Wildman–Crippen MR) is 90.6 cm³/mol. The third-order valence-electron chi connectivity index (χ3n) is 2.70. The van der Waals surface area contributed by atoms with Gasteiger partial charge in [0.2, 0.25) is 0 Å². The highest BCUT2D eigenvalue weighted by atomic mass is 79.9. The number of hydrogen-bond acceptors (Lipinski definition) is 5. The molecule has 0 saturated carbocycles. The first-order chi connectivity index (χ1) is 10.2. The van der Waals surface area contributed by atoms with Crippen LogP contribution in [0.5, 0.6) is 0 Å². The lowest BCUT2D eigenvalue weighted by Crippen LogP contribution is -2.08. The van der Waals surface area contributed by atoms with Crippen molar-refractivity contribution in [2.75, 3.05) is 19.0 Å². The smallest absolute Gasteiger partial charge is 0.144 e. The third kappa shape index (κ3) is 4.69. The zero-order valence-corrected chi connectivity index (χ0v) is 14.5. The maximum atomic E-state index is 5.20. The number of rotatable bonds is 7. The molecule has 2 aromatic rings. The molecule has 21 heavy (non-hydrogen) atoms. The molecule has 6 heteroatoms. The van der Waals surface area contributed by atoms with Gasteiger partial charge in [0.05, 0.1) is 22.5 Å². The summed E-state index contributed by atoms with van der Waals surface area (Å²) in [4.78, 5) is 10.4. The first-order valence-electron chi connectivity index (χ1n) is 6.70. The molecule has 0 atom stereocenters. The molecule has 1 aromatic carbocycles. The second-order valence-corrected chi connectivity index (χ2v) is 6.16. The SMILES string of the molecule is CCNc1nc(CSc2ccccc2)nc(COC)c1Br. The second-order valence-electron chi connectivity index (χ2n) is 4.31. The van der Waals surface area contributed by atoms with Gasteiger partial charge in [-0.15, -0.1) is 11.8 Å². The first kappa shape index (κ1) is 16.3. The van der Waals surface area contributed by atoms with E-state index in [4.69, 9.17) is 4.74 Å². The Morgan fingerprint density at radius 3 is 2.67 bits per heavy atom. The number of anilines is 1. The van der Waals surface area contributed by atoms with Crippen molar-refractivity contribution < 1.29 is 4.74 Å². The van der Waals surface area contributed by atoms with Crippen LogP contribution in [0.25, 0.3) is 0 Å². The van der Waals surface area contributed by atoms with Crippen LogP contribution >= 0.6 is 27.7 Å². The van der Waals surface area contributed by atoms with Crippen molar-refractivity contribution in [1.82, 2.24) is 9.97 Å². The summed E-state index contributed by atoms with van der Waals surface area (Å²) in [6.45, 7) is 3.32. The minimum Gasteiger partial charge on any atom is -0.378 e. The Bertz CT molecular complexity index is 553. The Balaban J connectivity index is 2.18. The lowest BCUT2D eigenvalue weighted by Gasteiger charge is -2.11. The number of hydrogen-bond donors (Lipinski definition) is 1. The van der Waals surface area contributed by atoms with E-state index in [-0.39, 0.29) is 0 Å². The Morgan fingerprint density at radius 1 is 1.24 bits per heavy atom. The van der Waals surface area contributed by atoms with Gasteiger partial charge in [0.15, 0.2) is 0 Å². The van der Waals surface area contributed by atoms with Gasteiger partial charge in [0.25, 0.3) is 0 Å². The van der Waals surface area contributed by atoms with Gasteiger partial charge >= 0.3 is 0 Å². The van der Waals surface area contributed by atoms with Crippen LogP contribution in [0.15, 0.2) is 39.7 Å². The molecule has 0 aliphatic heterocycles. The van der Waals surface area contributed by atoms with E-state index in [1.54, 1.807) is 18.9 Å². The number of halogens is 1. The Kier molecular flexibility index (Phi) is 6.48. The average Bonchev–Trinajstić information content (AvgIpc) is 2.51. The van der Waals surface area contributed by atoms with Gasteiger partial charge in [-0.3, -0.25) is 0 Å². The van der Waals surface area contributed by atoms with E-state index in [1.165, 1.54) is 4.90 Å². The summed E-state index contributed by atoms with van der Waals surface area (Å²) >= 11 is 5.26. The standard InChI is InChI=1S/C15H18BrN3OS/c1-3-17-15-14(16)12(9-20-2)18-13(19-15)10-21-11-7-5-4-6-8-11/h4-8H,3,9-10H2,1-2H3,(H,17,18,19). The molecule has 112 valence electrons. The highest BCUT2D eigenvalue weighted by Crippen LogP contribution is 2.27. The monoisotopic (exact) mass is 367 g/mol. The van der Waals surface area contributed by atoms with E-state index in [9.17, 15) is 0 Å². The van der Waals surface area contributed by atoms with E-state index in [2.05, 4.69) is 43.3 Å². The molecule has 2 rings (SSSR count). The fraction of sp³-hybridized carbons (Fsp3) is 0.333. The molecule has 0 amide bonds. The van der Waals surface area contributed by atoms with E-state index in [0.717, 1.165) is 34.1 Å². The highest BCUT2D eigenvalue weighted by molar-refractivity contribution is 9.10. The molecular weight excluding hydrogens is 350 g/mol. The van der Waals surface area contributed by atoms with Crippen molar-refractivity contribution in [2.24, 2.45) is 0 Å². The molecular formula is C15H18BrN3OS. The van der Waals surface area contributed by atoms with Gasteiger partial charge in [-0.2, -0.15) is 0 Å². The molecule has 4 nitrogen and oxygen atoms in total. The quantitative estimate of drug-likeness (QED) is 0.746. The average molecular weight is 368 g/mol. The van der Waals surface area contributed by atoms with Crippen molar-refractivity contribution >= 4 is 33.5 Å². The maximum absolute atomic E-state index is 5.20. The van der Waals surface area contributed by atoms with Crippen molar-refractivity contribution in [2.45, 2.75) is 24.2 Å². The Labute approximate surface area is 137 Å². The van der Waals surface area contributed by atoms with Crippen molar-refractivity contribution in [3.63, 3.8) is 0 Å². The summed E-state index contributed by atoms with van der Waals surface area (Å²) < 4.78 is 6.08. The summed E-state index contributed by atoms with van der Waals surface area (Å²) in [7, 11) is 1.67. The van der Waals surface area contributed by atoms with Crippen LogP contribution in [0.3, 0.4) is 0 Å². The molecule has 0 fully saturated rings. The van der Waals surface area contributed by atoms with E-state index in [1.807, 2.05) is 25.1 Å². The largest absolute Gasteiger partial charge is 0.378 e. The van der Waals surface area contributed by atoms with Gasteiger partial charge in [-0.05, 0) is 35.0 Å². The lowest BCUT2D eigenvalue weighted by molar-refractivity contribution is 0.180. The van der Waals surface area contributed by atoms with E-state index in [0.29, 0.717) is 6.61 Å². The highest BCUT2D eigenvalue weighted by Gasteiger charge is 2.12. The number of methoxy groups -OCH3 is 1. The fourth-order valence-corrected chi connectivity index (χ4v) is 3.00. The molecule has 0 aliphatic rings. The van der Waals surface area contributed by atoms with Crippen LogP contribution in [0, 0.1) is 0 Å². The van der Waals surface area contributed by atoms with E-state index >= 15 is 0 Å². The van der Waals surface area contributed by atoms with Gasteiger partial charge in [0, 0.05) is 18.6 Å². The zero-order valence-electron chi connectivity index (χ0n) is 12.1. The Morgan fingerprint density at radius 2 is 2.00 bits per heavy atom. The zero-order chi connectivity index (χ0) is 15.1. The molecule has 0 aliphatic carbocycles. The molecule has 0 bridgehead atoms. The first-order valence-corrected chi connectivity index (χ1v) is 8.48. The molecule has 1 heterocycles. The van der Waals surface area contributed by atoms with Crippen LogP contribution in [-0.4, -0.2) is 23.6 Å². The van der Waals surface area contributed by atoms with Crippen LogP contribution < -0.4 is 5.32 Å². The summed E-state index contributed by atoms with van der Waals surface area (Å²) in [6, 6.07) is 10.3. The van der Waals surface area contributed by atoms with Crippen molar-refractivity contribution in [1.29, 1.82) is 0 Å². The van der Waals surface area contributed by atoms with E-state index < -0.39 is 0 Å². The van der Waals surface area contributed by atoms with Crippen molar-refractivity contribution in [3.05, 3.63) is 46.3 Å². The lowest BCUT2D eigenvalue weighted by atomic mass is 10.4. The van der Waals surface area contributed by atoms with Gasteiger partial charge < -0.3 is 10.1 Å². The summed E-state index contributed by atoms with van der Waals surface area (Å²) in [5.74, 6) is 2.35. The van der Waals surface area contributed by atoms with Crippen molar-refractivity contribution in [3.8, 4) is 0 Å². The molecule has 1 aromatic heterocycles. The van der Waals surface area contributed by atoms with Crippen LogP contribution in [-0.2, 0) is 17.1 Å². The summed E-state index contributed by atoms with van der Waals surface area (Å²) in [5, 5.41) is 3.25. The van der Waals surface area contributed by atoms with Gasteiger partial charge in [-0.25, -0.2) is 9.97 Å². The summed E-state index contributed by atoms with van der Waals surface area (Å²) in [5.41, 5.74) is 0.868. The van der Waals surface area contributed by atoms with Crippen LogP contribution in [0.2, 0.25) is 0 Å². The topological polar surface area (TPSA) is 47.0 Å². The number of thioether (sulfide) groups is 1. The van der Waals surface area contributed by atoms with Gasteiger partial charge in [-0.1, -0.05) is 18.2 Å². The fourth-order valence-electron chi connectivity index (χ4n) is 1.79. The molecule has 1 N–H and O–H groups in total. The molecule has 0 unspecified atom stereocenters. The van der Waals surface area contributed by atoms with Crippen LogP contribution in [0.1, 0.15) is 18.4 Å². The third-order valence-corrected chi connectivity index (χ3v) is 4.54.